The average molecular weight is 258 g/mol. The fourth-order valence-corrected chi connectivity index (χ4v) is 1.36. The van der Waals surface area contributed by atoms with Crippen LogP contribution in [0.3, 0.4) is 0 Å². The zero-order valence-corrected chi connectivity index (χ0v) is 9.72. The summed E-state index contributed by atoms with van der Waals surface area (Å²) in [5.74, 6) is -0.0779. The third-order valence-corrected chi connectivity index (χ3v) is 2.30. The number of pyridine rings is 1. The number of rotatable bonds is 4. The Morgan fingerprint density at radius 2 is 2.05 bits per heavy atom. The Morgan fingerprint density at radius 3 is 2.74 bits per heavy atom. The molecule has 1 aromatic heterocycles. The lowest BCUT2D eigenvalue weighted by Crippen LogP contribution is -1.93. The van der Waals surface area contributed by atoms with E-state index in [1.807, 2.05) is 0 Å². The highest BCUT2D eigenvalue weighted by Gasteiger charge is 2.08. The number of nitro groups is 1. The Kier molecular flexibility index (Phi) is 3.67. The Labute approximate surface area is 108 Å². The van der Waals surface area contributed by atoms with Crippen molar-refractivity contribution < 1.29 is 10.0 Å². The van der Waals surface area contributed by atoms with E-state index in [0.717, 1.165) is 5.69 Å². The summed E-state index contributed by atoms with van der Waals surface area (Å²) in [5, 5.41) is 24.1. The lowest BCUT2D eigenvalue weighted by Gasteiger charge is -2.00. The predicted octanol–water partition coefficient (Wildman–Crippen LogP) is 2.14. The van der Waals surface area contributed by atoms with Crippen LogP contribution in [0.4, 0.5) is 11.4 Å². The first-order chi connectivity index (χ1) is 9.16. The fraction of sp³-hybridized carbons (Fsp3) is 0. The van der Waals surface area contributed by atoms with E-state index in [9.17, 15) is 15.2 Å². The second-order valence-electron chi connectivity index (χ2n) is 3.61. The van der Waals surface area contributed by atoms with E-state index >= 15 is 0 Å². The van der Waals surface area contributed by atoms with Gasteiger partial charge < -0.3 is 5.11 Å². The van der Waals surface area contributed by atoms with Crippen LogP contribution in [0.1, 0.15) is 5.56 Å². The molecule has 7 nitrogen and oxygen atoms in total. The summed E-state index contributed by atoms with van der Waals surface area (Å²) in [7, 11) is 0. The number of aromatic hydroxyl groups is 1. The average Bonchev–Trinajstić information content (AvgIpc) is 2.42. The molecule has 0 atom stereocenters. The molecule has 0 unspecified atom stereocenters. The minimum Gasteiger partial charge on any atom is -0.507 e. The third kappa shape index (κ3) is 3.25. The number of nitrogens with one attached hydrogen (secondary N) is 1. The van der Waals surface area contributed by atoms with Crippen molar-refractivity contribution in [1.82, 2.24) is 4.98 Å². The molecule has 0 spiro atoms. The lowest BCUT2D eigenvalue weighted by atomic mass is 10.2. The van der Waals surface area contributed by atoms with Crippen molar-refractivity contribution in [3.8, 4) is 5.75 Å². The van der Waals surface area contributed by atoms with E-state index in [2.05, 4.69) is 15.5 Å². The molecule has 2 aromatic rings. The molecule has 19 heavy (non-hydrogen) atoms. The highest BCUT2D eigenvalue weighted by atomic mass is 16.6. The molecule has 0 amide bonds. The summed E-state index contributed by atoms with van der Waals surface area (Å²) in [6, 6.07) is 7.15. The maximum Gasteiger partial charge on any atom is 0.270 e. The van der Waals surface area contributed by atoms with Crippen LogP contribution in [-0.2, 0) is 0 Å². The number of hydrazone groups is 1. The highest BCUT2D eigenvalue weighted by molar-refractivity contribution is 5.84. The second-order valence-corrected chi connectivity index (χ2v) is 3.61. The molecule has 1 aromatic carbocycles. The van der Waals surface area contributed by atoms with Gasteiger partial charge in [-0.15, -0.1) is 0 Å². The number of hydrogen-bond donors (Lipinski definition) is 2. The maximum absolute atomic E-state index is 10.6. The summed E-state index contributed by atoms with van der Waals surface area (Å²) < 4.78 is 0. The molecule has 0 aliphatic rings. The molecule has 2 N–H and O–H groups in total. The first kappa shape index (κ1) is 12.5. The Bertz CT molecular complexity index is 614. The molecule has 0 aliphatic carbocycles. The number of hydrogen-bond acceptors (Lipinski definition) is 6. The van der Waals surface area contributed by atoms with Gasteiger partial charge in [-0.05, 0) is 18.2 Å². The van der Waals surface area contributed by atoms with E-state index in [1.165, 1.54) is 24.4 Å². The molecule has 0 saturated heterocycles. The van der Waals surface area contributed by atoms with Crippen LogP contribution in [0.15, 0.2) is 47.8 Å². The van der Waals surface area contributed by atoms with Crippen LogP contribution in [0, 0.1) is 10.1 Å². The fourth-order valence-electron chi connectivity index (χ4n) is 1.36. The molecule has 96 valence electrons. The zero-order valence-electron chi connectivity index (χ0n) is 9.72. The van der Waals surface area contributed by atoms with Gasteiger partial charge in [0.25, 0.3) is 5.69 Å². The SMILES string of the molecule is O=[N+]([O-])c1ccc(O)c(/C=N/Nc2ccncc2)c1. The van der Waals surface area contributed by atoms with Gasteiger partial charge >= 0.3 is 0 Å². The molecule has 0 aliphatic heterocycles. The number of benzene rings is 1. The number of nitro benzene ring substituents is 1. The van der Waals surface area contributed by atoms with Gasteiger partial charge in [0.05, 0.1) is 16.8 Å². The summed E-state index contributed by atoms with van der Waals surface area (Å²) in [6.45, 7) is 0. The van der Waals surface area contributed by atoms with Crippen molar-refractivity contribution in [1.29, 1.82) is 0 Å². The van der Waals surface area contributed by atoms with Crippen molar-refractivity contribution in [2.45, 2.75) is 0 Å². The van der Waals surface area contributed by atoms with Gasteiger partial charge in [-0.3, -0.25) is 20.5 Å². The normalized spacial score (nSPS) is 10.5. The van der Waals surface area contributed by atoms with Crippen molar-refractivity contribution in [2.24, 2.45) is 5.10 Å². The summed E-state index contributed by atoms with van der Waals surface area (Å²) in [5.41, 5.74) is 3.59. The van der Waals surface area contributed by atoms with Crippen LogP contribution in [0.2, 0.25) is 0 Å². The van der Waals surface area contributed by atoms with Crippen LogP contribution < -0.4 is 5.43 Å². The van der Waals surface area contributed by atoms with E-state index in [1.54, 1.807) is 24.5 Å². The molecule has 7 heteroatoms. The molecule has 0 saturated carbocycles. The van der Waals surface area contributed by atoms with Crippen molar-refractivity contribution >= 4 is 17.6 Å². The number of phenolic OH excluding ortho intramolecular Hbond substituents is 1. The maximum atomic E-state index is 10.6. The first-order valence-electron chi connectivity index (χ1n) is 5.33. The van der Waals surface area contributed by atoms with E-state index in [0.29, 0.717) is 0 Å². The van der Waals surface area contributed by atoms with E-state index in [4.69, 9.17) is 0 Å². The van der Waals surface area contributed by atoms with Gasteiger partial charge in [-0.2, -0.15) is 5.10 Å². The number of nitrogens with zero attached hydrogens (tertiary/aromatic N) is 3. The molecule has 0 bridgehead atoms. The zero-order chi connectivity index (χ0) is 13.7. The van der Waals surface area contributed by atoms with Crippen LogP contribution >= 0.6 is 0 Å². The second kappa shape index (κ2) is 5.58. The van der Waals surface area contributed by atoms with Crippen molar-refractivity contribution in [3.05, 3.63) is 58.4 Å². The van der Waals surface area contributed by atoms with Crippen LogP contribution in [-0.4, -0.2) is 21.2 Å². The first-order valence-corrected chi connectivity index (χ1v) is 5.33. The summed E-state index contributed by atoms with van der Waals surface area (Å²) >= 11 is 0. The number of anilines is 1. The number of non-ortho nitro benzene ring substituents is 1. The van der Waals surface area contributed by atoms with Gasteiger partial charge in [0.2, 0.25) is 0 Å². The minimum atomic E-state index is -0.535. The Balaban J connectivity index is 2.14. The summed E-state index contributed by atoms with van der Waals surface area (Å²) in [6.07, 6.45) is 4.51. The lowest BCUT2D eigenvalue weighted by molar-refractivity contribution is -0.384. The molecule has 0 radical (unpaired) electrons. The van der Waals surface area contributed by atoms with Gasteiger partial charge in [-0.25, -0.2) is 0 Å². The smallest absolute Gasteiger partial charge is 0.270 e. The van der Waals surface area contributed by atoms with Crippen molar-refractivity contribution in [3.63, 3.8) is 0 Å². The van der Waals surface area contributed by atoms with Gasteiger partial charge in [-0.1, -0.05) is 0 Å². The Morgan fingerprint density at radius 1 is 1.32 bits per heavy atom. The predicted molar refractivity (Wildman–Crippen MR) is 70.2 cm³/mol. The van der Waals surface area contributed by atoms with Crippen LogP contribution in [0.5, 0.6) is 5.75 Å². The van der Waals surface area contributed by atoms with Gasteiger partial charge in [0.1, 0.15) is 5.75 Å². The summed E-state index contributed by atoms with van der Waals surface area (Å²) in [4.78, 5) is 13.9. The quantitative estimate of drug-likeness (QED) is 0.497. The number of phenols is 1. The molecular formula is C12H10N4O3. The molecule has 0 fully saturated rings. The molecule has 1 heterocycles. The number of aromatic nitrogens is 1. The molecular weight excluding hydrogens is 248 g/mol. The standard InChI is InChI=1S/C12H10N4O3/c17-12-2-1-11(16(18)19)7-9(12)8-14-15-10-3-5-13-6-4-10/h1-8,17H,(H,13,15)/b14-8+. The Hall–Kier alpha value is -2.96. The largest absolute Gasteiger partial charge is 0.507 e. The van der Waals surface area contributed by atoms with Gasteiger partial charge in [0, 0.05) is 30.1 Å². The monoisotopic (exact) mass is 258 g/mol. The van der Waals surface area contributed by atoms with E-state index < -0.39 is 4.92 Å². The van der Waals surface area contributed by atoms with Gasteiger partial charge in [0.15, 0.2) is 0 Å². The minimum absolute atomic E-state index is 0.0779. The topological polar surface area (TPSA) is 101 Å². The van der Waals surface area contributed by atoms with E-state index in [-0.39, 0.29) is 17.0 Å². The van der Waals surface area contributed by atoms with Crippen molar-refractivity contribution in [2.75, 3.05) is 5.43 Å². The third-order valence-electron chi connectivity index (χ3n) is 2.30. The highest BCUT2D eigenvalue weighted by Crippen LogP contribution is 2.21. The molecule has 2 rings (SSSR count). The van der Waals surface area contributed by atoms with Crippen LogP contribution in [0.25, 0.3) is 0 Å².